The van der Waals surface area contributed by atoms with Gasteiger partial charge in [-0.1, -0.05) is 0 Å². The average Bonchev–Trinajstić information content (AvgIpc) is 2.30. The molecule has 0 aliphatic heterocycles. The summed E-state index contributed by atoms with van der Waals surface area (Å²) in [6.07, 6.45) is 0. The molecule has 0 unspecified atom stereocenters. The maximum atomic E-state index is 5.63. The van der Waals surface area contributed by atoms with E-state index in [1.807, 2.05) is 0 Å². The van der Waals surface area contributed by atoms with E-state index in [1.54, 1.807) is 14.2 Å². The van der Waals surface area contributed by atoms with Crippen molar-refractivity contribution in [2.75, 3.05) is 14.2 Å². The molecule has 0 radical (unpaired) electrons. The van der Waals surface area contributed by atoms with Gasteiger partial charge >= 0.3 is 10.0 Å². The fraction of sp³-hybridized carbons (Fsp3) is 1.00. The van der Waals surface area contributed by atoms with E-state index in [0.717, 1.165) is 21.0 Å². The van der Waals surface area contributed by atoms with Crippen LogP contribution in [0.2, 0.25) is 32.7 Å². The third-order valence-electron chi connectivity index (χ3n) is 1.36. The largest absolute Gasteiger partial charge is 0.449 e. The van der Waals surface area contributed by atoms with Gasteiger partial charge in [-0.2, -0.15) is 0 Å². The van der Waals surface area contributed by atoms with Crippen molar-refractivity contribution in [1.29, 1.82) is 0 Å². The highest BCUT2D eigenvalue weighted by atomic mass is 28.4. The van der Waals surface area contributed by atoms with Crippen molar-refractivity contribution in [2.24, 2.45) is 0 Å². The second kappa shape index (κ2) is 20.3. The maximum Gasteiger partial charge on any atom is 0.303 e. The highest BCUT2D eigenvalue weighted by molar-refractivity contribution is 6.74. The smallest absolute Gasteiger partial charge is 0.303 e. The zero-order valence-corrected chi connectivity index (χ0v) is 25.0. The zero-order chi connectivity index (χ0) is 16.4. The number of hydrogen-bond donors (Lipinski definition) is 0. The zero-order valence-electron chi connectivity index (χ0n) is 14.6. The van der Waals surface area contributed by atoms with Crippen molar-refractivity contribution in [2.45, 2.75) is 32.7 Å². The van der Waals surface area contributed by atoms with Crippen molar-refractivity contribution < 1.29 is 25.3 Å². The van der Waals surface area contributed by atoms with Crippen molar-refractivity contribution in [3.8, 4) is 0 Å². The minimum absolute atomic E-state index is 0.444. The SMILES string of the molecule is CO[SiH2]OC.C[SiH](C)O[SiH2]O[Si](C)(C)C.[SiH3]O[SiH2]O[SiH3]. The molecule has 0 rings (SSSR count). The molecule has 6 nitrogen and oxygen atoms in total. The second-order valence-corrected chi connectivity index (χ2v) is 20.3. The van der Waals surface area contributed by atoms with Crippen LogP contribution in [0, 0.1) is 0 Å². The van der Waals surface area contributed by atoms with E-state index < -0.39 is 47.4 Å². The Kier molecular flexibility index (Phi) is 26.6. The summed E-state index contributed by atoms with van der Waals surface area (Å²) in [7, 11) is 1.32. The molecule has 0 aromatic rings. The first kappa shape index (κ1) is 26.2. The minimum Gasteiger partial charge on any atom is -0.449 e. The third kappa shape index (κ3) is 42.7. The van der Waals surface area contributed by atoms with Gasteiger partial charge < -0.3 is 25.3 Å². The predicted molar refractivity (Wildman–Crippen MR) is 106 cm³/mol. The lowest BCUT2D eigenvalue weighted by atomic mass is 11.8. The van der Waals surface area contributed by atoms with Gasteiger partial charge in [0.05, 0.1) is 0 Å². The summed E-state index contributed by atoms with van der Waals surface area (Å²) in [6, 6.07) is 0. The Labute approximate surface area is 140 Å². The van der Waals surface area contributed by atoms with Crippen LogP contribution in [0.25, 0.3) is 0 Å². The van der Waals surface area contributed by atoms with Crippen molar-refractivity contribution >= 4 is 68.3 Å². The molecule has 0 saturated heterocycles. The van der Waals surface area contributed by atoms with Crippen LogP contribution in [0.4, 0.5) is 0 Å². The van der Waals surface area contributed by atoms with Crippen molar-refractivity contribution in [1.82, 2.24) is 0 Å². The first-order chi connectivity index (χ1) is 9.24. The highest BCUT2D eigenvalue weighted by Gasteiger charge is 2.13. The Balaban J connectivity index is -0.000000244. The van der Waals surface area contributed by atoms with Crippen LogP contribution in [-0.4, -0.2) is 82.6 Å². The third-order valence-corrected chi connectivity index (χ3v) is 10.9. The van der Waals surface area contributed by atoms with Gasteiger partial charge in [0.25, 0.3) is 20.0 Å². The molecule has 13 heteroatoms. The lowest BCUT2D eigenvalue weighted by Gasteiger charge is -2.18. The molecule has 0 fully saturated rings. The normalized spacial score (nSPS) is 12.0. The molecule has 0 saturated carbocycles. The van der Waals surface area contributed by atoms with E-state index in [-0.39, 0.29) is 0 Å². The van der Waals surface area contributed by atoms with E-state index in [4.69, 9.17) is 16.5 Å². The van der Waals surface area contributed by atoms with E-state index in [0.29, 0.717) is 0 Å². The van der Waals surface area contributed by atoms with Crippen LogP contribution in [0.15, 0.2) is 0 Å². The summed E-state index contributed by atoms with van der Waals surface area (Å²) in [6.45, 7) is 11.0. The van der Waals surface area contributed by atoms with E-state index >= 15 is 0 Å². The van der Waals surface area contributed by atoms with Gasteiger partial charge in [0.15, 0.2) is 17.4 Å². The molecule has 0 aliphatic carbocycles. The van der Waals surface area contributed by atoms with Gasteiger partial charge in [-0.15, -0.1) is 0 Å². The molecule has 0 atom stereocenters. The Bertz CT molecular complexity index is 160. The summed E-state index contributed by atoms with van der Waals surface area (Å²) >= 11 is 0. The van der Waals surface area contributed by atoms with E-state index in [9.17, 15) is 0 Å². The molecule has 0 heterocycles. The molecule has 20 heavy (non-hydrogen) atoms. The first-order valence-electron chi connectivity index (χ1n) is 6.46. The topological polar surface area (TPSA) is 55.4 Å². The van der Waals surface area contributed by atoms with Gasteiger partial charge in [-0.3, -0.25) is 0 Å². The summed E-state index contributed by atoms with van der Waals surface area (Å²) in [5, 5.41) is 0. The fourth-order valence-corrected chi connectivity index (χ4v) is 7.27. The van der Waals surface area contributed by atoms with Crippen LogP contribution in [0.5, 0.6) is 0 Å². The standard InChI is InChI=1S/C5H18O2Si3.C2H8O2Si.H8O2Si3/c1-9(2)6-8-7-10(3,4)5;1-3-5-4-2;3-1-5-2-4/h9H,8H2,1-5H3;5H2,1-2H3;5H2,3-4H3. The lowest BCUT2D eigenvalue weighted by Crippen LogP contribution is -2.30. The van der Waals surface area contributed by atoms with Crippen LogP contribution in [0.3, 0.4) is 0 Å². The summed E-state index contributed by atoms with van der Waals surface area (Å²) < 4.78 is 29.9. The minimum atomic E-state index is -1.27. The van der Waals surface area contributed by atoms with E-state index in [1.165, 1.54) is 0 Å². The molecule has 0 N–H and O–H groups in total. The monoisotopic (exact) mass is 410 g/mol. The van der Waals surface area contributed by atoms with Gasteiger partial charge in [-0.25, -0.2) is 0 Å². The van der Waals surface area contributed by atoms with Gasteiger partial charge in [0, 0.05) is 14.2 Å². The Morgan fingerprint density at radius 3 is 1.45 bits per heavy atom. The predicted octanol–water partition coefficient (Wildman–Crippen LogP) is -3.31. The fourth-order valence-electron chi connectivity index (χ4n) is 0.583. The van der Waals surface area contributed by atoms with Gasteiger partial charge in [0.2, 0.25) is 0 Å². The van der Waals surface area contributed by atoms with E-state index in [2.05, 4.69) is 41.6 Å². The molecule has 126 valence electrons. The molecule has 0 bridgehead atoms. The Morgan fingerprint density at radius 1 is 0.850 bits per heavy atom. The van der Waals surface area contributed by atoms with Crippen molar-refractivity contribution in [3.63, 3.8) is 0 Å². The van der Waals surface area contributed by atoms with Gasteiger partial charge in [0.1, 0.15) is 21.0 Å². The molecule has 0 aliphatic rings. The molecule has 0 aromatic carbocycles. The van der Waals surface area contributed by atoms with Crippen LogP contribution >= 0.6 is 0 Å². The average molecular weight is 411 g/mol. The molecular weight excluding hydrogens is 377 g/mol. The Hall–Kier alpha value is 1.28. The molecular formula is C7H34O6Si7. The summed E-state index contributed by atoms with van der Waals surface area (Å²) in [5.74, 6) is 0. The Morgan fingerprint density at radius 2 is 1.30 bits per heavy atom. The van der Waals surface area contributed by atoms with Gasteiger partial charge in [-0.05, 0) is 32.7 Å². The maximum absolute atomic E-state index is 5.63. The van der Waals surface area contributed by atoms with Crippen LogP contribution in [0.1, 0.15) is 0 Å². The highest BCUT2D eigenvalue weighted by Crippen LogP contribution is 2.00. The van der Waals surface area contributed by atoms with Crippen LogP contribution < -0.4 is 0 Å². The number of rotatable bonds is 8. The number of hydrogen-bond acceptors (Lipinski definition) is 6. The lowest BCUT2D eigenvalue weighted by molar-refractivity contribution is 0.309. The molecule has 0 aromatic heterocycles. The second-order valence-electron chi connectivity index (χ2n) is 4.98. The van der Waals surface area contributed by atoms with Crippen molar-refractivity contribution in [3.05, 3.63) is 0 Å². The van der Waals surface area contributed by atoms with Crippen LogP contribution in [-0.2, 0) is 25.3 Å². The summed E-state index contributed by atoms with van der Waals surface area (Å²) in [5.41, 5.74) is 0. The molecule has 0 amide bonds. The quantitative estimate of drug-likeness (QED) is 0.391. The molecule has 0 spiro atoms. The summed E-state index contributed by atoms with van der Waals surface area (Å²) in [4.78, 5) is 0. The first-order valence-corrected chi connectivity index (χ1v) is 17.7.